The molecule has 0 bridgehead atoms. The van der Waals surface area contributed by atoms with Gasteiger partial charge in [0.05, 0.1) is 5.69 Å². The lowest BCUT2D eigenvalue weighted by molar-refractivity contribution is 0.274. The van der Waals surface area contributed by atoms with E-state index in [1.807, 2.05) is 0 Å². The molecule has 47 valence electrons. The Hall–Kier alpha value is -0.730. The van der Waals surface area contributed by atoms with Crippen LogP contribution in [0.25, 0.3) is 0 Å². The van der Waals surface area contributed by atoms with E-state index in [-0.39, 0.29) is 0 Å². The Bertz CT molecular complexity index is 202. The van der Waals surface area contributed by atoms with E-state index in [4.69, 9.17) is 11.6 Å². The molecule has 0 unspecified atom stereocenters. The van der Waals surface area contributed by atoms with Gasteiger partial charge in [0.1, 0.15) is 0 Å². The lowest BCUT2D eigenvalue weighted by atomic mass is 10.3. The number of benzene rings is 1. The molecular formula is C6H5ClNO. The Morgan fingerprint density at radius 3 is 2.67 bits per heavy atom. The second-order valence-electron chi connectivity index (χ2n) is 1.61. The normalized spacial score (nSPS) is 9.11. The fourth-order valence-electron chi connectivity index (χ4n) is 0.552. The van der Waals surface area contributed by atoms with Crippen molar-refractivity contribution in [2.75, 3.05) is 5.48 Å². The number of halogens is 1. The predicted octanol–water partition coefficient (Wildman–Crippen LogP) is 2.10. The highest BCUT2D eigenvalue weighted by Crippen LogP contribution is 2.13. The number of anilines is 1. The van der Waals surface area contributed by atoms with Crippen LogP contribution in [-0.4, -0.2) is 0 Å². The zero-order valence-electron chi connectivity index (χ0n) is 4.60. The van der Waals surface area contributed by atoms with Gasteiger partial charge in [-0.2, -0.15) is 0 Å². The topological polar surface area (TPSA) is 31.9 Å². The van der Waals surface area contributed by atoms with Crippen molar-refractivity contribution in [3.05, 3.63) is 29.3 Å². The minimum Gasteiger partial charge on any atom is -0.233 e. The van der Waals surface area contributed by atoms with Crippen LogP contribution in [0.15, 0.2) is 24.3 Å². The summed E-state index contributed by atoms with van der Waals surface area (Å²) < 4.78 is 0. The first-order chi connectivity index (χ1) is 4.33. The molecule has 1 N–H and O–H groups in total. The van der Waals surface area contributed by atoms with Crippen LogP contribution >= 0.6 is 11.6 Å². The molecule has 0 amide bonds. The zero-order valence-corrected chi connectivity index (χ0v) is 5.35. The van der Waals surface area contributed by atoms with Crippen LogP contribution in [0.2, 0.25) is 5.02 Å². The van der Waals surface area contributed by atoms with Gasteiger partial charge in [-0.15, -0.1) is 0 Å². The third-order valence-electron chi connectivity index (χ3n) is 0.942. The molecule has 1 aromatic carbocycles. The van der Waals surface area contributed by atoms with Crippen molar-refractivity contribution in [1.29, 1.82) is 0 Å². The highest BCUT2D eigenvalue weighted by Gasteiger charge is 1.88. The monoisotopic (exact) mass is 142 g/mol. The molecule has 0 atom stereocenters. The maximum Gasteiger partial charge on any atom is 0.0650 e. The molecule has 9 heavy (non-hydrogen) atoms. The van der Waals surface area contributed by atoms with Crippen LogP contribution in [0, 0.1) is 0 Å². The van der Waals surface area contributed by atoms with Crippen molar-refractivity contribution in [2.24, 2.45) is 0 Å². The predicted molar refractivity (Wildman–Crippen MR) is 35.8 cm³/mol. The number of rotatable bonds is 1. The molecule has 0 fully saturated rings. The Balaban J connectivity index is 2.94. The average Bonchev–Trinajstić information content (AvgIpc) is 1.88. The van der Waals surface area contributed by atoms with Crippen molar-refractivity contribution in [3.63, 3.8) is 0 Å². The van der Waals surface area contributed by atoms with Gasteiger partial charge in [0, 0.05) is 5.02 Å². The molecule has 0 aliphatic rings. The summed E-state index contributed by atoms with van der Waals surface area (Å²) in [6.45, 7) is 0. The SMILES string of the molecule is [O]Nc1cccc(Cl)c1. The Labute approximate surface area is 58.0 Å². The summed E-state index contributed by atoms with van der Waals surface area (Å²) >= 11 is 5.54. The van der Waals surface area contributed by atoms with Crippen LogP contribution in [-0.2, 0) is 5.21 Å². The van der Waals surface area contributed by atoms with E-state index < -0.39 is 0 Å². The molecule has 1 aromatic rings. The number of nitrogens with one attached hydrogen (secondary N) is 1. The van der Waals surface area contributed by atoms with Crippen LogP contribution in [0.4, 0.5) is 5.69 Å². The summed E-state index contributed by atoms with van der Waals surface area (Å²) in [7, 11) is 0. The highest BCUT2D eigenvalue weighted by atomic mass is 35.5. The van der Waals surface area contributed by atoms with Gasteiger partial charge in [-0.1, -0.05) is 22.9 Å². The van der Waals surface area contributed by atoms with Gasteiger partial charge in [-0.25, -0.2) is 5.48 Å². The summed E-state index contributed by atoms with van der Waals surface area (Å²) in [5.74, 6) is 0. The quantitative estimate of drug-likeness (QED) is 0.599. The molecule has 0 aliphatic carbocycles. The van der Waals surface area contributed by atoms with Crippen LogP contribution in [0.5, 0.6) is 0 Å². The fraction of sp³-hybridized carbons (Fsp3) is 0. The Kier molecular flexibility index (Phi) is 1.92. The zero-order chi connectivity index (χ0) is 6.69. The maximum atomic E-state index is 9.98. The van der Waals surface area contributed by atoms with E-state index in [2.05, 4.69) is 0 Å². The second kappa shape index (κ2) is 2.71. The van der Waals surface area contributed by atoms with Crippen molar-refractivity contribution in [1.82, 2.24) is 0 Å². The molecule has 0 aromatic heterocycles. The first-order valence-corrected chi connectivity index (χ1v) is 2.84. The highest BCUT2D eigenvalue weighted by molar-refractivity contribution is 6.30. The summed E-state index contributed by atoms with van der Waals surface area (Å²) in [4.78, 5) is 0. The van der Waals surface area contributed by atoms with Gasteiger partial charge in [0.25, 0.3) is 0 Å². The van der Waals surface area contributed by atoms with Gasteiger partial charge < -0.3 is 0 Å². The summed E-state index contributed by atoms with van der Waals surface area (Å²) in [6.07, 6.45) is 0. The first kappa shape index (κ1) is 6.39. The molecule has 2 nitrogen and oxygen atoms in total. The molecule has 0 spiro atoms. The van der Waals surface area contributed by atoms with E-state index in [0.717, 1.165) is 0 Å². The van der Waals surface area contributed by atoms with Crippen molar-refractivity contribution in [2.45, 2.75) is 0 Å². The Morgan fingerprint density at radius 2 is 2.22 bits per heavy atom. The second-order valence-corrected chi connectivity index (χ2v) is 2.05. The molecule has 0 heterocycles. The summed E-state index contributed by atoms with van der Waals surface area (Å²) in [6, 6.07) is 6.64. The van der Waals surface area contributed by atoms with Gasteiger partial charge in [0.15, 0.2) is 0 Å². The fourth-order valence-corrected chi connectivity index (χ4v) is 0.742. The molecule has 0 saturated carbocycles. The van der Waals surface area contributed by atoms with Crippen LogP contribution in [0.3, 0.4) is 0 Å². The van der Waals surface area contributed by atoms with Crippen molar-refractivity contribution in [3.8, 4) is 0 Å². The molecule has 1 rings (SSSR count). The lowest BCUT2D eigenvalue weighted by Crippen LogP contribution is -1.84. The van der Waals surface area contributed by atoms with E-state index in [1.54, 1.807) is 29.7 Å². The third kappa shape index (κ3) is 1.59. The smallest absolute Gasteiger partial charge is 0.0650 e. The lowest BCUT2D eigenvalue weighted by Gasteiger charge is -1.93. The maximum absolute atomic E-state index is 9.98. The average molecular weight is 143 g/mol. The first-order valence-electron chi connectivity index (χ1n) is 2.46. The third-order valence-corrected chi connectivity index (χ3v) is 1.18. The standard InChI is InChI=1S/C6H5ClNO/c7-5-2-1-3-6(4-5)8-9/h1-4,8H. The van der Waals surface area contributed by atoms with E-state index in [1.165, 1.54) is 0 Å². The van der Waals surface area contributed by atoms with Crippen molar-refractivity contribution >= 4 is 17.3 Å². The van der Waals surface area contributed by atoms with Crippen molar-refractivity contribution < 1.29 is 5.21 Å². The molecule has 0 aliphatic heterocycles. The van der Waals surface area contributed by atoms with E-state index >= 15 is 0 Å². The van der Waals surface area contributed by atoms with Gasteiger partial charge in [0.2, 0.25) is 0 Å². The van der Waals surface area contributed by atoms with E-state index in [9.17, 15) is 5.21 Å². The largest absolute Gasteiger partial charge is 0.233 e. The van der Waals surface area contributed by atoms with Gasteiger partial charge >= 0.3 is 0 Å². The van der Waals surface area contributed by atoms with Crippen LogP contribution in [0.1, 0.15) is 0 Å². The Morgan fingerprint density at radius 1 is 1.44 bits per heavy atom. The molecule has 3 heteroatoms. The number of hydrogen-bond acceptors (Lipinski definition) is 1. The van der Waals surface area contributed by atoms with Gasteiger partial charge in [-0.05, 0) is 18.2 Å². The van der Waals surface area contributed by atoms with Crippen LogP contribution < -0.4 is 5.48 Å². The minimum atomic E-state index is 0.488. The molecule has 0 saturated heterocycles. The van der Waals surface area contributed by atoms with E-state index in [0.29, 0.717) is 10.7 Å². The summed E-state index contributed by atoms with van der Waals surface area (Å²) in [5, 5.41) is 10.5. The molecule has 1 radical (unpaired) electrons. The van der Waals surface area contributed by atoms with Gasteiger partial charge in [-0.3, -0.25) is 0 Å². The minimum absolute atomic E-state index is 0.488. The number of hydrogen-bond donors (Lipinski definition) is 1. The summed E-state index contributed by atoms with van der Waals surface area (Å²) in [5.41, 5.74) is 2.22. The molecular weight excluding hydrogens is 138 g/mol.